The summed E-state index contributed by atoms with van der Waals surface area (Å²) in [7, 11) is 0. The van der Waals surface area contributed by atoms with E-state index in [2.05, 4.69) is 0 Å². The van der Waals surface area contributed by atoms with Crippen molar-refractivity contribution in [1.82, 2.24) is 0 Å². The molecule has 0 aliphatic rings. The summed E-state index contributed by atoms with van der Waals surface area (Å²) in [5, 5.41) is 10.3. The van der Waals surface area contributed by atoms with E-state index in [0.29, 0.717) is 22.8 Å². The van der Waals surface area contributed by atoms with E-state index >= 15 is 0 Å². The number of hydrogen-bond donors (Lipinski definition) is 1. The summed E-state index contributed by atoms with van der Waals surface area (Å²) in [4.78, 5) is 10.6. The number of furan rings is 1. The van der Waals surface area contributed by atoms with E-state index in [0.717, 1.165) is 11.3 Å². The highest BCUT2D eigenvalue weighted by atomic mass is 16.3. The molecule has 0 aliphatic heterocycles. The van der Waals surface area contributed by atoms with Gasteiger partial charge in [-0.25, -0.2) is 0 Å². The topological polar surface area (TPSA) is 50.4 Å². The molecule has 0 fully saturated rings. The monoisotopic (exact) mass is 190 g/mol. The van der Waals surface area contributed by atoms with Gasteiger partial charge >= 0.3 is 0 Å². The average molecular weight is 190 g/mol. The van der Waals surface area contributed by atoms with Crippen LogP contribution in [0.1, 0.15) is 21.7 Å². The Kier molecular flexibility index (Phi) is 1.81. The van der Waals surface area contributed by atoms with Crippen molar-refractivity contribution >= 4 is 17.3 Å². The molecule has 3 heteroatoms. The number of phenolic OH excluding ortho intramolecular Hbond substituents is 1. The van der Waals surface area contributed by atoms with Gasteiger partial charge in [-0.3, -0.25) is 4.79 Å². The van der Waals surface area contributed by atoms with Gasteiger partial charge in [-0.05, 0) is 31.5 Å². The number of phenols is 1. The van der Waals surface area contributed by atoms with Crippen LogP contribution in [0.2, 0.25) is 0 Å². The van der Waals surface area contributed by atoms with Crippen LogP contribution in [0.25, 0.3) is 11.0 Å². The number of fused-ring (bicyclic) bond motifs is 1. The highest BCUT2D eigenvalue weighted by Crippen LogP contribution is 2.32. The van der Waals surface area contributed by atoms with Gasteiger partial charge < -0.3 is 9.52 Å². The molecule has 1 N–H and O–H groups in total. The molecule has 1 aromatic heterocycles. The molecule has 0 saturated heterocycles. The van der Waals surface area contributed by atoms with Crippen LogP contribution in [-0.2, 0) is 0 Å². The first-order chi connectivity index (χ1) is 6.63. The normalized spacial score (nSPS) is 10.7. The van der Waals surface area contributed by atoms with Crippen LogP contribution in [-0.4, -0.2) is 11.4 Å². The molecule has 0 unspecified atom stereocenters. The van der Waals surface area contributed by atoms with E-state index in [1.807, 2.05) is 6.92 Å². The van der Waals surface area contributed by atoms with E-state index in [9.17, 15) is 9.90 Å². The van der Waals surface area contributed by atoms with Gasteiger partial charge in [0, 0.05) is 0 Å². The molecule has 2 rings (SSSR count). The Balaban J connectivity index is 2.93. The predicted octanol–water partition coefficient (Wildman–Crippen LogP) is 2.57. The minimum atomic E-state index is -0.00236. The van der Waals surface area contributed by atoms with E-state index in [1.165, 1.54) is 0 Å². The summed E-state index contributed by atoms with van der Waals surface area (Å²) in [6, 6.07) is 3.35. The maximum Gasteiger partial charge on any atom is 0.153 e. The van der Waals surface area contributed by atoms with Crippen LogP contribution in [0.4, 0.5) is 0 Å². The summed E-state index contributed by atoms with van der Waals surface area (Å²) < 4.78 is 5.40. The Morgan fingerprint density at radius 2 is 2.07 bits per heavy atom. The van der Waals surface area contributed by atoms with E-state index in [-0.39, 0.29) is 5.75 Å². The summed E-state index contributed by atoms with van der Waals surface area (Å²) in [6.07, 6.45) is 0.643. The molecule has 0 amide bonds. The van der Waals surface area contributed by atoms with E-state index < -0.39 is 0 Å². The van der Waals surface area contributed by atoms with E-state index in [4.69, 9.17) is 4.42 Å². The highest BCUT2D eigenvalue weighted by Gasteiger charge is 2.12. The van der Waals surface area contributed by atoms with Crippen molar-refractivity contribution in [2.45, 2.75) is 13.8 Å². The first kappa shape index (κ1) is 8.81. The van der Waals surface area contributed by atoms with Gasteiger partial charge in [0.05, 0.1) is 10.9 Å². The lowest BCUT2D eigenvalue weighted by atomic mass is 10.1. The fourth-order valence-corrected chi connectivity index (χ4v) is 1.60. The summed E-state index contributed by atoms with van der Waals surface area (Å²) in [6.45, 7) is 3.65. The predicted molar refractivity (Wildman–Crippen MR) is 52.7 cm³/mol. The van der Waals surface area contributed by atoms with Crippen molar-refractivity contribution in [2.75, 3.05) is 0 Å². The molecule has 2 aromatic rings. The summed E-state index contributed by atoms with van der Waals surface area (Å²) >= 11 is 0. The van der Waals surface area contributed by atoms with Gasteiger partial charge in [0.2, 0.25) is 0 Å². The highest BCUT2D eigenvalue weighted by molar-refractivity contribution is 5.95. The molecule has 0 aliphatic carbocycles. The molecular formula is C11H10O3. The second-order valence-corrected chi connectivity index (χ2v) is 3.35. The van der Waals surface area contributed by atoms with Crippen LogP contribution in [0.5, 0.6) is 5.75 Å². The van der Waals surface area contributed by atoms with Crippen LogP contribution in [0.15, 0.2) is 16.5 Å². The minimum absolute atomic E-state index is 0.00236. The number of aromatic hydroxyl groups is 1. The fraction of sp³-hybridized carbons (Fsp3) is 0.182. The second kappa shape index (κ2) is 2.87. The number of benzene rings is 1. The van der Waals surface area contributed by atoms with Crippen molar-refractivity contribution in [3.8, 4) is 5.75 Å². The molecule has 0 atom stereocenters. The van der Waals surface area contributed by atoms with Crippen molar-refractivity contribution in [3.63, 3.8) is 0 Å². The van der Waals surface area contributed by atoms with Crippen molar-refractivity contribution in [3.05, 3.63) is 29.0 Å². The van der Waals surface area contributed by atoms with Gasteiger partial charge in [0.1, 0.15) is 17.1 Å². The number of carbonyl (C=O) groups is 1. The maximum absolute atomic E-state index is 10.6. The Labute approximate surface area is 81.0 Å². The first-order valence-corrected chi connectivity index (χ1v) is 4.31. The Bertz CT molecular complexity index is 509. The number of aryl methyl sites for hydroxylation is 2. The molecule has 14 heavy (non-hydrogen) atoms. The lowest BCUT2D eigenvalue weighted by Crippen LogP contribution is -1.84. The number of rotatable bonds is 1. The van der Waals surface area contributed by atoms with Crippen LogP contribution in [0, 0.1) is 13.8 Å². The van der Waals surface area contributed by atoms with Gasteiger partial charge in [0.15, 0.2) is 6.29 Å². The average Bonchev–Trinajstić information content (AvgIpc) is 2.54. The lowest BCUT2D eigenvalue weighted by molar-refractivity contribution is 0.112. The minimum Gasteiger partial charge on any atom is -0.506 e. The maximum atomic E-state index is 10.6. The van der Waals surface area contributed by atoms with Crippen LogP contribution >= 0.6 is 0 Å². The number of aldehydes is 1. The second-order valence-electron chi connectivity index (χ2n) is 3.35. The largest absolute Gasteiger partial charge is 0.506 e. The van der Waals surface area contributed by atoms with E-state index in [1.54, 1.807) is 19.1 Å². The van der Waals surface area contributed by atoms with Crippen LogP contribution < -0.4 is 0 Å². The molecular weight excluding hydrogens is 180 g/mol. The first-order valence-electron chi connectivity index (χ1n) is 4.31. The molecule has 72 valence electrons. The van der Waals surface area contributed by atoms with Gasteiger partial charge in [0.25, 0.3) is 0 Å². The third-order valence-corrected chi connectivity index (χ3v) is 2.24. The number of hydrogen-bond acceptors (Lipinski definition) is 3. The third-order valence-electron chi connectivity index (χ3n) is 2.24. The molecule has 0 saturated carbocycles. The molecule has 0 radical (unpaired) electrons. The number of carbonyl (C=O) groups excluding carboxylic acids is 1. The van der Waals surface area contributed by atoms with Gasteiger partial charge in [-0.1, -0.05) is 0 Å². The molecule has 1 aromatic carbocycles. The summed E-state index contributed by atoms with van der Waals surface area (Å²) in [5.74, 6) is 0.721. The smallest absolute Gasteiger partial charge is 0.153 e. The molecule has 3 nitrogen and oxygen atoms in total. The SMILES string of the molecule is Cc1cc2c(O)c(C=O)cc(C)c2o1. The zero-order chi connectivity index (χ0) is 10.3. The van der Waals surface area contributed by atoms with Crippen LogP contribution in [0.3, 0.4) is 0 Å². The molecule has 0 bridgehead atoms. The van der Waals surface area contributed by atoms with Crippen molar-refractivity contribution in [1.29, 1.82) is 0 Å². The zero-order valence-electron chi connectivity index (χ0n) is 8.00. The van der Waals surface area contributed by atoms with Crippen molar-refractivity contribution in [2.24, 2.45) is 0 Å². The zero-order valence-corrected chi connectivity index (χ0v) is 8.00. The standard InChI is InChI=1S/C11H10O3/c1-6-3-8(5-12)10(13)9-4-7(2)14-11(6)9/h3-5,13H,1-2H3. The molecule has 0 spiro atoms. The Morgan fingerprint density at radius 3 is 2.71 bits per heavy atom. The molecule has 1 heterocycles. The quantitative estimate of drug-likeness (QED) is 0.703. The summed E-state index contributed by atoms with van der Waals surface area (Å²) in [5.41, 5.74) is 1.80. The Morgan fingerprint density at radius 1 is 1.36 bits per heavy atom. The van der Waals surface area contributed by atoms with Crippen molar-refractivity contribution < 1.29 is 14.3 Å². The van der Waals surface area contributed by atoms with Gasteiger partial charge in [-0.2, -0.15) is 0 Å². The third kappa shape index (κ3) is 1.09. The fourth-order valence-electron chi connectivity index (χ4n) is 1.60. The van der Waals surface area contributed by atoms with Gasteiger partial charge in [-0.15, -0.1) is 0 Å². The Hall–Kier alpha value is -1.77. The lowest BCUT2D eigenvalue weighted by Gasteiger charge is -2.00.